The van der Waals surface area contributed by atoms with Crippen molar-refractivity contribution in [3.63, 3.8) is 0 Å². The Hall–Kier alpha value is -1.65. The van der Waals surface area contributed by atoms with Crippen molar-refractivity contribution in [1.82, 2.24) is 9.88 Å². The summed E-state index contributed by atoms with van der Waals surface area (Å²) >= 11 is 0. The van der Waals surface area contributed by atoms with Crippen LogP contribution in [0.1, 0.15) is 22.7 Å². The number of amidine groups is 1. The number of rotatable bonds is 1. The van der Waals surface area contributed by atoms with E-state index in [-0.39, 0.29) is 36.7 Å². The van der Waals surface area contributed by atoms with Gasteiger partial charge in [0.25, 0.3) is 0 Å². The van der Waals surface area contributed by atoms with Crippen molar-refractivity contribution in [2.24, 2.45) is 4.99 Å². The second-order valence-corrected chi connectivity index (χ2v) is 5.15. The summed E-state index contributed by atoms with van der Waals surface area (Å²) < 4.78 is 13.5. The quantitative estimate of drug-likeness (QED) is 0.791. The second kappa shape index (κ2) is 7.56. The number of hydrogen-bond acceptors (Lipinski definition) is 3. The minimum absolute atomic E-state index is 0. The summed E-state index contributed by atoms with van der Waals surface area (Å²) in [5.41, 5.74) is 3.09. The highest BCUT2D eigenvalue weighted by Gasteiger charge is 2.24. The summed E-state index contributed by atoms with van der Waals surface area (Å²) in [6.07, 6.45) is 4.23. The highest BCUT2D eigenvalue weighted by Crippen LogP contribution is 2.33. The molecule has 0 bridgehead atoms. The molecule has 1 unspecified atom stereocenters. The molecule has 22 heavy (non-hydrogen) atoms. The predicted octanol–water partition coefficient (Wildman–Crippen LogP) is 3.67. The summed E-state index contributed by atoms with van der Waals surface area (Å²) in [4.78, 5) is 10.9. The van der Waals surface area contributed by atoms with E-state index in [1.807, 2.05) is 43.4 Å². The SMILES string of the molecule is CN(C)C1=NC(c2cccnc2)c2ccc(F)cc2C1.Cl.Cl. The highest BCUT2D eigenvalue weighted by atomic mass is 35.5. The van der Waals surface area contributed by atoms with Gasteiger partial charge in [-0.25, -0.2) is 4.39 Å². The molecule has 0 aliphatic carbocycles. The number of nitrogens with zero attached hydrogens (tertiary/aromatic N) is 3. The summed E-state index contributed by atoms with van der Waals surface area (Å²) in [6.45, 7) is 0. The van der Waals surface area contributed by atoms with Gasteiger partial charge < -0.3 is 4.90 Å². The maximum atomic E-state index is 13.5. The van der Waals surface area contributed by atoms with Crippen LogP contribution in [0.2, 0.25) is 0 Å². The molecule has 1 aliphatic rings. The highest BCUT2D eigenvalue weighted by molar-refractivity contribution is 5.86. The van der Waals surface area contributed by atoms with Gasteiger partial charge in [0.2, 0.25) is 0 Å². The molecular weight excluding hydrogens is 324 g/mol. The fraction of sp³-hybridized carbons (Fsp3) is 0.250. The lowest BCUT2D eigenvalue weighted by atomic mass is 9.91. The van der Waals surface area contributed by atoms with Gasteiger partial charge in [0, 0.05) is 32.9 Å². The maximum absolute atomic E-state index is 13.5. The topological polar surface area (TPSA) is 28.5 Å². The Morgan fingerprint density at radius 2 is 1.95 bits per heavy atom. The van der Waals surface area contributed by atoms with Crippen LogP contribution >= 0.6 is 24.8 Å². The van der Waals surface area contributed by atoms with E-state index in [4.69, 9.17) is 4.99 Å². The summed E-state index contributed by atoms with van der Waals surface area (Å²) in [7, 11) is 3.92. The van der Waals surface area contributed by atoms with Gasteiger partial charge in [0.1, 0.15) is 17.7 Å². The van der Waals surface area contributed by atoms with Gasteiger partial charge >= 0.3 is 0 Å². The fourth-order valence-corrected chi connectivity index (χ4v) is 2.49. The lowest BCUT2D eigenvalue weighted by molar-refractivity contribution is 0.587. The zero-order valence-electron chi connectivity index (χ0n) is 12.4. The molecule has 1 aliphatic heterocycles. The molecule has 1 aromatic carbocycles. The standard InChI is InChI=1S/C16H16FN3.2ClH/c1-20(2)15-9-12-8-13(17)5-6-14(12)16(19-15)11-4-3-7-18-10-11;;/h3-8,10,16H,9H2,1-2H3;2*1H. The van der Waals surface area contributed by atoms with Gasteiger partial charge in [-0.2, -0.15) is 0 Å². The maximum Gasteiger partial charge on any atom is 0.123 e. The van der Waals surface area contributed by atoms with E-state index in [0.717, 1.165) is 22.5 Å². The lowest BCUT2D eigenvalue weighted by Crippen LogP contribution is -2.28. The van der Waals surface area contributed by atoms with Crippen molar-refractivity contribution in [3.05, 3.63) is 65.2 Å². The van der Waals surface area contributed by atoms with E-state index in [2.05, 4.69) is 4.98 Å². The van der Waals surface area contributed by atoms with Crippen LogP contribution in [0.25, 0.3) is 0 Å². The van der Waals surface area contributed by atoms with Gasteiger partial charge in [-0.05, 0) is 34.9 Å². The van der Waals surface area contributed by atoms with E-state index in [9.17, 15) is 4.39 Å². The third-order valence-corrected chi connectivity index (χ3v) is 3.54. The van der Waals surface area contributed by atoms with Crippen LogP contribution < -0.4 is 0 Å². The molecule has 0 saturated heterocycles. The smallest absolute Gasteiger partial charge is 0.123 e. The van der Waals surface area contributed by atoms with Gasteiger partial charge in [-0.15, -0.1) is 24.8 Å². The first kappa shape index (κ1) is 18.4. The molecule has 0 spiro atoms. The second-order valence-electron chi connectivity index (χ2n) is 5.15. The Bertz CT molecular complexity index is 660. The van der Waals surface area contributed by atoms with Gasteiger partial charge in [0.15, 0.2) is 0 Å². The van der Waals surface area contributed by atoms with Crippen molar-refractivity contribution >= 4 is 30.6 Å². The number of aliphatic imine (C=N–C) groups is 1. The molecule has 3 nitrogen and oxygen atoms in total. The monoisotopic (exact) mass is 341 g/mol. The zero-order chi connectivity index (χ0) is 14.1. The van der Waals surface area contributed by atoms with E-state index in [1.54, 1.807) is 12.3 Å². The van der Waals surface area contributed by atoms with Crippen LogP contribution in [0.3, 0.4) is 0 Å². The Morgan fingerprint density at radius 1 is 1.18 bits per heavy atom. The molecule has 0 amide bonds. The fourth-order valence-electron chi connectivity index (χ4n) is 2.49. The Labute approximate surface area is 142 Å². The molecule has 118 valence electrons. The molecule has 6 heteroatoms. The van der Waals surface area contributed by atoms with E-state index in [1.165, 1.54) is 6.07 Å². The number of likely N-dealkylation sites (N-methyl/N-ethyl adjacent to an activating group) is 1. The van der Waals surface area contributed by atoms with Crippen molar-refractivity contribution in [3.8, 4) is 0 Å². The molecule has 3 rings (SSSR count). The predicted molar refractivity (Wildman–Crippen MR) is 91.8 cm³/mol. The Morgan fingerprint density at radius 3 is 2.59 bits per heavy atom. The van der Waals surface area contributed by atoms with E-state index in [0.29, 0.717) is 6.42 Å². The third kappa shape index (κ3) is 3.57. The normalized spacial score (nSPS) is 15.8. The first-order valence-electron chi connectivity index (χ1n) is 6.57. The Balaban J connectivity index is 0.00000121. The molecule has 1 atom stereocenters. The molecule has 0 fully saturated rings. The number of halogens is 3. The average Bonchev–Trinajstić information content (AvgIpc) is 2.46. The molecule has 0 radical (unpaired) electrons. The molecule has 2 heterocycles. The largest absolute Gasteiger partial charge is 0.366 e. The first-order chi connectivity index (χ1) is 9.65. The van der Waals surface area contributed by atoms with Crippen molar-refractivity contribution in [2.45, 2.75) is 12.5 Å². The summed E-state index contributed by atoms with van der Waals surface area (Å²) in [6, 6.07) is 8.74. The lowest BCUT2D eigenvalue weighted by Gasteiger charge is -2.27. The van der Waals surface area contributed by atoms with Crippen LogP contribution in [0.5, 0.6) is 0 Å². The number of hydrogen-bond donors (Lipinski definition) is 0. The van der Waals surface area contributed by atoms with Gasteiger partial charge in [-0.1, -0.05) is 12.1 Å². The number of fused-ring (bicyclic) bond motifs is 1. The van der Waals surface area contributed by atoms with Crippen molar-refractivity contribution in [2.75, 3.05) is 14.1 Å². The minimum atomic E-state index is -0.200. The molecule has 2 aromatic rings. The zero-order valence-corrected chi connectivity index (χ0v) is 14.0. The number of aromatic nitrogens is 1. The van der Waals surface area contributed by atoms with Crippen LogP contribution in [0.15, 0.2) is 47.7 Å². The van der Waals surface area contributed by atoms with E-state index < -0.39 is 0 Å². The average molecular weight is 342 g/mol. The van der Waals surface area contributed by atoms with Crippen molar-refractivity contribution in [1.29, 1.82) is 0 Å². The van der Waals surface area contributed by atoms with Crippen LogP contribution in [0.4, 0.5) is 4.39 Å². The Kier molecular flexibility index (Phi) is 6.33. The number of pyridine rings is 1. The first-order valence-corrected chi connectivity index (χ1v) is 6.57. The molecule has 1 aromatic heterocycles. The third-order valence-electron chi connectivity index (χ3n) is 3.54. The van der Waals surface area contributed by atoms with E-state index >= 15 is 0 Å². The molecule has 0 saturated carbocycles. The van der Waals surface area contributed by atoms with Gasteiger partial charge in [0.05, 0.1) is 0 Å². The minimum Gasteiger partial charge on any atom is -0.366 e. The molecular formula is C16H18Cl2FN3. The van der Waals surface area contributed by atoms with Crippen LogP contribution in [0, 0.1) is 5.82 Å². The van der Waals surface area contributed by atoms with Crippen molar-refractivity contribution < 1.29 is 4.39 Å². The number of benzene rings is 1. The molecule has 0 N–H and O–H groups in total. The summed E-state index contributed by atoms with van der Waals surface area (Å²) in [5, 5.41) is 0. The summed E-state index contributed by atoms with van der Waals surface area (Å²) in [5.74, 6) is 0.755. The van der Waals surface area contributed by atoms with Crippen LogP contribution in [-0.4, -0.2) is 29.8 Å². The van der Waals surface area contributed by atoms with Gasteiger partial charge in [-0.3, -0.25) is 9.98 Å². The van der Waals surface area contributed by atoms with Crippen LogP contribution in [-0.2, 0) is 6.42 Å².